The van der Waals surface area contributed by atoms with Gasteiger partial charge in [0.25, 0.3) is 12.9 Å². The lowest BCUT2D eigenvalue weighted by Gasteiger charge is -2.08. The zero-order valence-electron chi connectivity index (χ0n) is 24.3. The minimum atomic E-state index is -1.22. The summed E-state index contributed by atoms with van der Waals surface area (Å²) in [7, 11) is 0. The van der Waals surface area contributed by atoms with E-state index in [0.29, 0.717) is 0 Å². The van der Waals surface area contributed by atoms with Crippen LogP contribution >= 0.6 is 0 Å². The van der Waals surface area contributed by atoms with Crippen molar-refractivity contribution < 1.29 is 68.3 Å². The second kappa shape index (κ2) is 17.1. The van der Waals surface area contributed by atoms with Crippen molar-refractivity contribution in [2.75, 3.05) is 0 Å². The SMILES string of the molecule is CC(=O)c1cc(C(=O)O)ccc1OC=O.CC(=O)c1ccc(C(=O)O)cc1OC=O.CC(C)c1ccc(C(=O)O)c(C(=O)O)c1. The van der Waals surface area contributed by atoms with Crippen LogP contribution in [0.15, 0.2) is 54.6 Å². The molecule has 0 amide bonds. The van der Waals surface area contributed by atoms with Gasteiger partial charge in [0, 0.05) is 0 Å². The molecule has 0 heterocycles. The van der Waals surface area contributed by atoms with E-state index < -0.39 is 23.9 Å². The minimum Gasteiger partial charge on any atom is -0.478 e. The number of benzene rings is 3. The molecule has 3 rings (SSSR count). The van der Waals surface area contributed by atoms with Crippen molar-refractivity contribution in [3.8, 4) is 11.5 Å². The molecule has 0 saturated carbocycles. The molecule has 0 aliphatic carbocycles. The molecule has 0 fully saturated rings. The van der Waals surface area contributed by atoms with E-state index in [1.54, 1.807) is 6.07 Å². The summed E-state index contributed by atoms with van der Waals surface area (Å²) in [6.45, 7) is 6.73. The molecule has 0 saturated heterocycles. The van der Waals surface area contributed by atoms with E-state index in [2.05, 4.69) is 9.47 Å². The van der Waals surface area contributed by atoms with Gasteiger partial charge in [-0.3, -0.25) is 19.2 Å². The molecule has 3 aromatic carbocycles. The van der Waals surface area contributed by atoms with Gasteiger partial charge >= 0.3 is 23.9 Å². The number of aromatic carboxylic acids is 4. The van der Waals surface area contributed by atoms with E-state index in [4.69, 9.17) is 20.4 Å². The first-order valence-electron chi connectivity index (χ1n) is 12.6. The van der Waals surface area contributed by atoms with Gasteiger partial charge in [0.15, 0.2) is 11.6 Å². The van der Waals surface area contributed by atoms with E-state index in [1.807, 2.05) is 13.8 Å². The summed E-state index contributed by atoms with van der Waals surface area (Å²) in [6.07, 6.45) is 0. The molecule has 0 spiro atoms. The Balaban J connectivity index is 0.000000337. The van der Waals surface area contributed by atoms with Crippen molar-refractivity contribution in [1.29, 1.82) is 0 Å². The molecular weight excluding hydrogens is 596 g/mol. The van der Waals surface area contributed by atoms with Crippen LogP contribution in [0.2, 0.25) is 0 Å². The Morgan fingerprint density at radius 1 is 0.556 bits per heavy atom. The molecule has 0 aliphatic heterocycles. The van der Waals surface area contributed by atoms with Crippen LogP contribution in [0.25, 0.3) is 0 Å². The molecule has 4 N–H and O–H groups in total. The highest BCUT2D eigenvalue weighted by Gasteiger charge is 2.17. The molecule has 0 aromatic heterocycles. The lowest BCUT2D eigenvalue weighted by atomic mass is 9.97. The van der Waals surface area contributed by atoms with Crippen LogP contribution in [0.4, 0.5) is 0 Å². The van der Waals surface area contributed by atoms with Crippen LogP contribution in [0, 0.1) is 0 Å². The van der Waals surface area contributed by atoms with Crippen LogP contribution in [0.1, 0.15) is 101 Å². The Hall–Kier alpha value is -6.18. The van der Waals surface area contributed by atoms with Crippen LogP contribution in [0.5, 0.6) is 11.5 Å². The van der Waals surface area contributed by atoms with Crippen LogP contribution in [0.3, 0.4) is 0 Å². The summed E-state index contributed by atoms with van der Waals surface area (Å²) >= 11 is 0. The summed E-state index contributed by atoms with van der Waals surface area (Å²) < 4.78 is 9.06. The fourth-order valence-electron chi connectivity index (χ4n) is 3.47. The summed E-state index contributed by atoms with van der Waals surface area (Å²) in [5, 5.41) is 35.0. The van der Waals surface area contributed by atoms with Gasteiger partial charge in [0.2, 0.25) is 0 Å². The average molecular weight is 625 g/mol. The molecule has 45 heavy (non-hydrogen) atoms. The first-order valence-corrected chi connectivity index (χ1v) is 12.6. The van der Waals surface area contributed by atoms with Gasteiger partial charge in [0.1, 0.15) is 11.5 Å². The molecule has 0 atom stereocenters. The summed E-state index contributed by atoms with van der Waals surface area (Å²) in [5.41, 5.74) is 0.655. The average Bonchev–Trinajstić information content (AvgIpc) is 2.97. The van der Waals surface area contributed by atoms with Gasteiger partial charge < -0.3 is 29.9 Å². The van der Waals surface area contributed by atoms with Gasteiger partial charge in [0.05, 0.1) is 33.4 Å². The largest absolute Gasteiger partial charge is 0.478 e. The quantitative estimate of drug-likeness (QED) is 0.170. The second-order valence-electron chi connectivity index (χ2n) is 9.14. The predicted molar refractivity (Wildman–Crippen MR) is 155 cm³/mol. The highest BCUT2D eigenvalue weighted by Crippen LogP contribution is 2.22. The van der Waals surface area contributed by atoms with Crippen LogP contribution < -0.4 is 9.47 Å². The number of carbonyl (C=O) groups excluding carboxylic acids is 4. The Bertz CT molecular complexity index is 1640. The van der Waals surface area contributed by atoms with Crippen LogP contribution in [-0.4, -0.2) is 68.8 Å². The second-order valence-corrected chi connectivity index (χ2v) is 9.14. The Morgan fingerprint density at radius 2 is 1.02 bits per heavy atom. The number of Topliss-reactive ketones (excluding diaryl/α,β-unsaturated/α-hetero) is 2. The van der Waals surface area contributed by atoms with E-state index in [9.17, 15) is 38.4 Å². The first kappa shape index (κ1) is 36.8. The maximum absolute atomic E-state index is 11.1. The van der Waals surface area contributed by atoms with E-state index in [0.717, 1.165) is 11.6 Å². The summed E-state index contributed by atoms with van der Waals surface area (Å²) in [5.74, 6) is -5.21. The fraction of sp³-hybridized carbons (Fsp3) is 0.161. The number of ketones is 2. The Kier molecular flexibility index (Phi) is 14.0. The van der Waals surface area contributed by atoms with Gasteiger partial charge in [-0.05, 0) is 73.9 Å². The topological polar surface area (TPSA) is 236 Å². The number of carbonyl (C=O) groups is 8. The molecule has 3 aromatic rings. The number of hydrogen-bond acceptors (Lipinski definition) is 10. The molecule has 14 nitrogen and oxygen atoms in total. The third-order valence-corrected chi connectivity index (χ3v) is 5.73. The zero-order chi connectivity index (χ0) is 34.4. The first-order chi connectivity index (χ1) is 21.0. The lowest BCUT2D eigenvalue weighted by molar-refractivity contribution is -0.121. The van der Waals surface area contributed by atoms with Gasteiger partial charge in [-0.15, -0.1) is 0 Å². The van der Waals surface area contributed by atoms with Crippen LogP contribution in [-0.2, 0) is 9.59 Å². The monoisotopic (exact) mass is 624 g/mol. The summed E-state index contributed by atoms with van der Waals surface area (Å²) in [6, 6.07) is 11.8. The van der Waals surface area contributed by atoms with Crippen molar-refractivity contribution in [2.24, 2.45) is 0 Å². The predicted octanol–water partition coefficient (Wildman–Crippen LogP) is 4.45. The molecule has 236 valence electrons. The van der Waals surface area contributed by atoms with Crippen molar-refractivity contribution >= 4 is 48.4 Å². The van der Waals surface area contributed by atoms with Crippen molar-refractivity contribution in [1.82, 2.24) is 0 Å². The summed E-state index contributed by atoms with van der Waals surface area (Å²) in [4.78, 5) is 85.3. The highest BCUT2D eigenvalue weighted by molar-refractivity contribution is 6.02. The molecule has 0 bridgehead atoms. The lowest BCUT2D eigenvalue weighted by Crippen LogP contribution is -2.08. The maximum Gasteiger partial charge on any atom is 0.336 e. The number of hydrogen-bond donors (Lipinski definition) is 4. The third kappa shape index (κ3) is 10.9. The number of carboxylic acids is 4. The van der Waals surface area contributed by atoms with E-state index in [-0.39, 0.29) is 75.3 Å². The van der Waals surface area contributed by atoms with Crippen molar-refractivity contribution in [3.05, 3.63) is 93.5 Å². The number of ether oxygens (including phenoxy) is 2. The van der Waals surface area contributed by atoms with Gasteiger partial charge in [-0.1, -0.05) is 19.9 Å². The molecule has 0 aliphatic rings. The zero-order valence-corrected chi connectivity index (χ0v) is 24.3. The van der Waals surface area contributed by atoms with E-state index in [1.165, 1.54) is 56.3 Å². The highest BCUT2D eigenvalue weighted by atomic mass is 16.5. The van der Waals surface area contributed by atoms with Gasteiger partial charge in [-0.2, -0.15) is 0 Å². The normalized spacial score (nSPS) is 9.71. The fourth-order valence-corrected chi connectivity index (χ4v) is 3.47. The smallest absolute Gasteiger partial charge is 0.336 e. The molecular formula is C31H28O14. The molecule has 0 unspecified atom stereocenters. The van der Waals surface area contributed by atoms with E-state index >= 15 is 0 Å². The Labute approximate surface area is 255 Å². The number of rotatable bonds is 11. The maximum atomic E-state index is 11.1. The van der Waals surface area contributed by atoms with Crippen molar-refractivity contribution in [2.45, 2.75) is 33.6 Å². The van der Waals surface area contributed by atoms with Crippen molar-refractivity contribution in [3.63, 3.8) is 0 Å². The minimum absolute atomic E-state index is 0.0292. The van der Waals surface area contributed by atoms with Gasteiger partial charge in [-0.25, -0.2) is 19.2 Å². The standard InChI is InChI=1S/C11H12O4.2C10H8O5/c1-6(2)7-3-4-8(10(12)13)9(5-7)11(14)15;1-6(12)8-4-7(10(13)14)2-3-9(8)15-5-11;1-6(12)8-3-2-7(10(13)14)4-9(8)15-5-11/h3-6H,1-2H3,(H,12,13)(H,14,15);2*2-5H,1H3,(H,13,14). The number of carboxylic acid groups (broad SMARTS) is 4. The Morgan fingerprint density at radius 3 is 1.47 bits per heavy atom. The molecule has 14 heteroatoms. The third-order valence-electron chi connectivity index (χ3n) is 5.73. The molecule has 0 radical (unpaired) electrons.